The van der Waals surface area contributed by atoms with Gasteiger partial charge >= 0.3 is 0 Å². The molecule has 1 fully saturated rings. The third kappa shape index (κ3) is 2.04. The zero-order chi connectivity index (χ0) is 10.1. The van der Waals surface area contributed by atoms with E-state index in [0.29, 0.717) is 6.54 Å². The van der Waals surface area contributed by atoms with Crippen molar-refractivity contribution in [2.75, 3.05) is 6.54 Å². The van der Waals surface area contributed by atoms with E-state index in [4.69, 9.17) is 4.74 Å². The van der Waals surface area contributed by atoms with E-state index in [1.807, 2.05) is 0 Å². The molecule has 78 valence electrons. The van der Waals surface area contributed by atoms with Gasteiger partial charge in [0.2, 0.25) is 0 Å². The van der Waals surface area contributed by atoms with Crippen LogP contribution in [-0.4, -0.2) is 29.5 Å². The molecule has 0 amide bonds. The van der Waals surface area contributed by atoms with Gasteiger partial charge in [-0.3, -0.25) is 5.09 Å². The van der Waals surface area contributed by atoms with Gasteiger partial charge in [0.05, 0.1) is 17.8 Å². The van der Waals surface area contributed by atoms with Crippen LogP contribution < -0.4 is 5.09 Å². The molecular weight excluding hydrogens is 185 g/mol. The van der Waals surface area contributed by atoms with Gasteiger partial charge < -0.3 is 9.84 Å². The predicted octanol–water partition coefficient (Wildman–Crippen LogP) is 0.931. The van der Waals surface area contributed by atoms with Gasteiger partial charge in [0, 0.05) is 12.5 Å². The first kappa shape index (κ1) is 11.4. The first-order valence-corrected chi connectivity index (χ1v) is 5.42. The van der Waals surface area contributed by atoms with Crippen molar-refractivity contribution in [1.82, 2.24) is 5.09 Å². The number of hydrogen-bond donors (Lipinski definition) is 2. The van der Waals surface area contributed by atoms with Crippen LogP contribution in [0.15, 0.2) is 0 Å². The van der Waals surface area contributed by atoms with E-state index in [2.05, 4.69) is 35.2 Å². The van der Waals surface area contributed by atoms with Crippen molar-refractivity contribution >= 4 is 9.39 Å². The van der Waals surface area contributed by atoms with Crippen LogP contribution >= 0.6 is 9.39 Å². The fourth-order valence-electron chi connectivity index (χ4n) is 1.89. The van der Waals surface area contributed by atoms with Crippen molar-refractivity contribution in [3.8, 4) is 0 Å². The average Bonchev–Trinajstić information content (AvgIpc) is 2.33. The van der Waals surface area contributed by atoms with Crippen LogP contribution in [0.1, 0.15) is 27.2 Å². The molecule has 0 aromatic rings. The Bertz CT molecular complexity index is 179. The minimum Gasteiger partial charge on any atom is -0.390 e. The van der Waals surface area contributed by atoms with E-state index in [9.17, 15) is 5.11 Å². The van der Waals surface area contributed by atoms with Gasteiger partial charge in [-0.2, -0.15) is 0 Å². The first-order valence-electron chi connectivity index (χ1n) is 4.84. The summed E-state index contributed by atoms with van der Waals surface area (Å²) in [5.41, 5.74) is -0.161. The lowest BCUT2D eigenvalue weighted by molar-refractivity contribution is -0.0473. The number of rotatable bonds is 3. The van der Waals surface area contributed by atoms with Crippen LogP contribution in [0, 0.1) is 5.92 Å². The number of aliphatic hydroxyl groups excluding tert-OH is 1. The minimum absolute atomic E-state index is 0.0718. The molecule has 4 heteroatoms. The highest BCUT2D eigenvalue weighted by atomic mass is 31.0. The van der Waals surface area contributed by atoms with Crippen LogP contribution in [0.25, 0.3) is 0 Å². The number of ether oxygens (including phenoxy) is 1. The van der Waals surface area contributed by atoms with E-state index in [0.717, 1.165) is 6.42 Å². The lowest BCUT2D eigenvalue weighted by Gasteiger charge is -2.27. The summed E-state index contributed by atoms with van der Waals surface area (Å²) in [7, 11) is 2.43. The van der Waals surface area contributed by atoms with Crippen molar-refractivity contribution in [3.05, 3.63) is 0 Å². The van der Waals surface area contributed by atoms with Gasteiger partial charge in [-0.25, -0.2) is 0 Å². The molecule has 1 aliphatic heterocycles. The molecule has 0 saturated carbocycles. The summed E-state index contributed by atoms with van der Waals surface area (Å²) in [6, 6.07) is 0. The van der Waals surface area contributed by atoms with Gasteiger partial charge in [-0.05, 0) is 13.3 Å². The van der Waals surface area contributed by atoms with Crippen LogP contribution in [0.4, 0.5) is 0 Å². The molecule has 0 aromatic heterocycles. The highest BCUT2D eigenvalue weighted by Crippen LogP contribution is 2.38. The van der Waals surface area contributed by atoms with Crippen molar-refractivity contribution in [3.63, 3.8) is 0 Å². The average molecular weight is 205 g/mol. The maximum Gasteiger partial charge on any atom is 0.0972 e. The van der Waals surface area contributed by atoms with Crippen LogP contribution in [0.2, 0.25) is 0 Å². The van der Waals surface area contributed by atoms with Crippen molar-refractivity contribution in [1.29, 1.82) is 0 Å². The quantitative estimate of drug-likeness (QED) is 0.673. The molecule has 1 saturated heterocycles. The van der Waals surface area contributed by atoms with E-state index >= 15 is 0 Å². The summed E-state index contributed by atoms with van der Waals surface area (Å²) in [5, 5.41) is 12.8. The Morgan fingerprint density at radius 3 is 2.62 bits per heavy atom. The molecule has 0 spiro atoms. The molecule has 2 N–H and O–H groups in total. The summed E-state index contributed by atoms with van der Waals surface area (Å²) in [6.45, 7) is 6.91. The zero-order valence-electron chi connectivity index (χ0n) is 8.58. The number of nitrogens with one attached hydrogen (secondary N) is 1. The molecule has 3 nitrogen and oxygen atoms in total. The summed E-state index contributed by atoms with van der Waals surface area (Å²) >= 11 is 0. The Balaban J connectivity index is 2.66. The summed E-state index contributed by atoms with van der Waals surface area (Å²) in [5.74, 6) is 0.209. The van der Waals surface area contributed by atoms with Gasteiger partial charge in [0.1, 0.15) is 0 Å². The van der Waals surface area contributed by atoms with Gasteiger partial charge in [0.15, 0.2) is 0 Å². The Morgan fingerprint density at radius 2 is 2.23 bits per heavy atom. The molecule has 0 aromatic carbocycles. The largest absolute Gasteiger partial charge is 0.390 e. The second-order valence-electron chi connectivity index (χ2n) is 4.01. The minimum atomic E-state index is -0.349. The molecule has 0 aliphatic carbocycles. The normalized spacial score (nSPS) is 45.5. The lowest BCUT2D eigenvalue weighted by atomic mass is 9.86. The Hall–Kier alpha value is 0.310. The topological polar surface area (TPSA) is 41.5 Å². The standard InChI is InChI=1S/C9H20NO2P/c1-4-9(3)6(2)8(11)7(12-9)5-10-13/h6-8,10-11H,4-5,13H2,1-3H3. The van der Waals surface area contributed by atoms with Crippen LogP contribution in [0.5, 0.6) is 0 Å². The molecule has 1 rings (SSSR count). The third-order valence-electron chi connectivity index (χ3n) is 3.30. The van der Waals surface area contributed by atoms with E-state index in [1.54, 1.807) is 0 Å². The Kier molecular flexibility index (Phi) is 3.70. The highest BCUT2D eigenvalue weighted by Gasteiger charge is 2.47. The zero-order valence-corrected chi connectivity index (χ0v) is 9.73. The van der Waals surface area contributed by atoms with Crippen molar-refractivity contribution < 1.29 is 9.84 Å². The maximum absolute atomic E-state index is 9.88. The second-order valence-corrected chi connectivity index (χ2v) is 4.42. The van der Waals surface area contributed by atoms with Gasteiger partial charge in [-0.1, -0.05) is 23.2 Å². The number of aliphatic hydroxyl groups is 1. The summed E-state index contributed by atoms with van der Waals surface area (Å²) in [6.07, 6.45) is 0.522. The molecular formula is C9H20NO2P. The van der Waals surface area contributed by atoms with Crippen molar-refractivity contribution in [2.24, 2.45) is 5.92 Å². The maximum atomic E-state index is 9.88. The lowest BCUT2D eigenvalue weighted by Crippen LogP contribution is -2.32. The molecule has 1 aliphatic rings. The number of hydrogen-bond acceptors (Lipinski definition) is 3. The first-order chi connectivity index (χ1) is 6.05. The monoisotopic (exact) mass is 205 g/mol. The van der Waals surface area contributed by atoms with Crippen LogP contribution in [-0.2, 0) is 4.74 Å². The van der Waals surface area contributed by atoms with Gasteiger partial charge in [0.25, 0.3) is 0 Å². The molecule has 0 radical (unpaired) electrons. The third-order valence-corrected chi connectivity index (χ3v) is 3.53. The second kappa shape index (κ2) is 4.22. The Labute approximate surface area is 82.5 Å². The van der Waals surface area contributed by atoms with Gasteiger partial charge in [-0.15, -0.1) is 0 Å². The fraction of sp³-hybridized carbons (Fsp3) is 1.00. The molecule has 5 atom stereocenters. The summed E-state index contributed by atoms with van der Waals surface area (Å²) in [4.78, 5) is 0. The highest BCUT2D eigenvalue weighted by molar-refractivity contribution is 7.13. The van der Waals surface area contributed by atoms with E-state index in [1.165, 1.54) is 0 Å². The fourth-order valence-corrected chi connectivity index (χ4v) is 2.12. The molecule has 1 heterocycles. The smallest absolute Gasteiger partial charge is 0.0972 e. The Morgan fingerprint density at radius 1 is 1.62 bits per heavy atom. The molecule has 13 heavy (non-hydrogen) atoms. The predicted molar refractivity (Wildman–Crippen MR) is 56.5 cm³/mol. The van der Waals surface area contributed by atoms with Crippen molar-refractivity contribution in [2.45, 2.75) is 45.0 Å². The summed E-state index contributed by atoms with van der Waals surface area (Å²) < 4.78 is 5.84. The van der Waals surface area contributed by atoms with E-state index in [-0.39, 0.29) is 23.7 Å². The van der Waals surface area contributed by atoms with E-state index < -0.39 is 0 Å². The SMILES string of the molecule is CCC1(C)OC(CNP)C(O)C1C. The molecule has 5 unspecified atom stereocenters. The molecule has 0 bridgehead atoms. The van der Waals surface area contributed by atoms with Crippen LogP contribution in [0.3, 0.4) is 0 Å².